The quantitative estimate of drug-likeness (QED) is 0.864. The molecule has 128 valence electrons. The molecule has 0 radical (unpaired) electrons. The Hall–Kier alpha value is -1.63. The van der Waals surface area contributed by atoms with Crippen molar-refractivity contribution < 1.29 is 9.59 Å². The molecule has 1 aliphatic rings. The van der Waals surface area contributed by atoms with Crippen molar-refractivity contribution in [2.45, 2.75) is 40.2 Å². The molecule has 0 unspecified atom stereocenters. The highest BCUT2D eigenvalue weighted by molar-refractivity contribution is 7.09. The van der Waals surface area contributed by atoms with Crippen molar-refractivity contribution in [1.29, 1.82) is 0 Å². The van der Waals surface area contributed by atoms with Crippen LogP contribution in [0.1, 0.15) is 37.3 Å². The van der Waals surface area contributed by atoms with Crippen molar-refractivity contribution in [1.82, 2.24) is 20.5 Å². The molecular weight excluding hydrogens is 312 g/mol. The van der Waals surface area contributed by atoms with Crippen LogP contribution in [0.25, 0.3) is 0 Å². The van der Waals surface area contributed by atoms with E-state index in [0.717, 1.165) is 30.0 Å². The normalized spacial score (nSPS) is 18.1. The molecule has 2 rings (SSSR count). The highest BCUT2D eigenvalue weighted by atomic mass is 32.1. The molecule has 0 bridgehead atoms. The zero-order valence-electron chi connectivity index (χ0n) is 14.1. The van der Waals surface area contributed by atoms with Crippen LogP contribution in [0.5, 0.6) is 0 Å². The molecule has 0 aliphatic carbocycles. The molecule has 0 spiro atoms. The number of nitrogens with one attached hydrogen (secondary N) is 2. The number of piperidine rings is 1. The first-order chi connectivity index (χ1) is 11.0. The number of aromatic nitrogens is 1. The smallest absolute Gasteiger partial charge is 0.317 e. The lowest BCUT2D eigenvalue weighted by molar-refractivity contribution is -0.126. The van der Waals surface area contributed by atoms with Gasteiger partial charge in [-0.3, -0.25) is 4.79 Å². The van der Waals surface area contributed by atoms with Crippen molar-refractivity contribution in [3.8, 4) is 0 Å². The van der Waals surface area contributed by atoms with Crippen LogP contribution in [-0.4, -0.2) is 41.5 Å². The minimum atomic E-state index is -0.123. The maximum absolute atomic E-state index is 12.4. The number of carbonyl (C=O) groups excluding carboxylic acids is 2. The van der Waals surface area contributed by atoms with Crippen molar-refractivity contribution in [2.24, 2.45) is 11.8 Å². The fraction of sp³-hybridized carbons (Fsp3) is 0.688. The van der Waals surface area contributed by atoms with Crippen LogP contribution in [0.4, 0.5) is 4.79 Å². The number of carbonyl (C=O) groups is 2. The summed E-state index contributed by atoms with van der Waals surface area (Å²) in [5.41, 5.74) is 2.76. The van der Waals surface area contributed by atoms with E-state index in [0.29, 0.717) is 25.6 Å². The summed E-state index contributed by atoms with van der Waals surface area (Å²) in [5, 5.41) is 5.90. The zero-order chi connectivity index (χ0) is 16.8. The van der Waals surface area contributed by atoms with E-state index in [9.17, 15) is 9.59 Å². The summed E-state index contributed by atoms with van der Waals surface area (Å²) in [6, 6.07) is -0.0606. The van der Waals surface area contributed by atoms with Gasteiger partial charge in [-0.05, 0) is 25.7 Å². The fourth-order valence-corrected chi connectivity index (χ4v) is 3.30. The van der Waals surface area contributed by atoms with Gasteiger partial charge in [-0.1, -0.05) is 13.8 Å². The Balaban J connectivity index is 1.81. The fourth-order valence-electron chi connectivity index (χ4n) is 2.59. The Morgan fingerprint density at radius 3 is 2.87 bits per heavy atom. The van der Waals surface area contributed by atoms with Crippen LogP contribution in [0.15, 0.2) is 5.51 Å². The number of urea groups is 1. The molecule has 23 heavy (non-hydrogen) atoms. The third-order valence-electron chi connectivity index (χ3n) is 4.01. The number of hydrogen-bond donors (Lipinski definition) is 2. The third-order valence-corrected chi connectivity index (χ3v) is 4.94. The zero-order valence-corrected chi connectivity index (χ0v) is 14.9. The van der Waals surface area contributed by atoms with Crippen LogP contribution in [0.3, 0.4) is 0 Å². The Kier molecular flexibility index (Phi) is 6.38. The second-order valence-electron chi connectivity index (χ2n) is 6.44. The van der Waals surface area contributed by atoms with Crippen molar-refractivity contribution >= 4 is 23.3 Å². The number of likely N-dealkylation sites (tertiary alicyclic amines) is 1. The van der Waals surface area contributed by atoms with E-state index in [1.807, 2.05) is 6.92 Å². The van der Waals surface area contributed by atoms with Crippen molar-refractivity contribution in [2.75, 3.05) is 19.6 Å². The maximum Gasteiger partial charge on any atom is 0.317 e. The molecule has 1 aromatic heterocycles. The van der Waals surface area contributed by atoms with Gasteiger partial charge in [-0.15, -0.1) is 11.3 Å². The minimum Gasteiger partial charge on any atom is -0.351 e. The summed E-state index contributed by atoms with van der Waals surface area (Å²) in [6.45, 7) is 8.48. The molecular formula is C16H26N4O2S. The van der Waals surface area contributed by atoms with Gasteiger partial charge in [0, 0.05) is 24.5 Å². The summed E-state index contributed by atoms with van der Waals surface area (Å²) in [4.78, 5) is 31.5. The average molecular weight is 338 g/mol. The molecule has 1 fully saturated rings. The maximum atomic E-state index is 12.4. The summed E-state index contributed by atoms with van der Waals surface area (Å²) in [6.07, 6.45) is 1.70. The summed E-state index contributed by atoms with van der Waals surface area (Å²) in [5.74, 6) is 0.325. The van der Waals surface area contributed by atoms with Crippen molar-refractivity contribution in [3.05, 3.63) is 16.1 Å². The number of amides is 3. The SMILES string of the molecule is Cc1ncsc1CNC(=O)[C@@H]1CCCN(C(=O)NCC(C)C)C1. The first kappa shape index (κ1) is 17.7. The van der Waals surface area contributed by atoms with Gasteiger partial charge in [0.15, 0.2) is 0 Å². The van der Waals surface area contributed by atoms with E-state index in [4.69, 9.17) is 0 Å². The van der Waals surface area contributed by atoms with E-state index in [2.05, 4.69) is 29.5 Å². The predicted octanol–water partition coefficient (Wildman–Crippen LogP) is 2.15. The third kappa shape index (κ3) is 5.20. The molecule has 6 nitrogen and oxygen atoms in total. The van der Waals surface area contributed by atoms with Gasteiger partial charge >= 0.3 is 6.03 Å². The van der Waals surface area contributed by atoms with Crippen molar-refractivity contribution in [3.63, 3.8) is 0 Å². The Labute approximate surface area is 141 Å². The van der Waals surface area contributed by atoms with Crippen LogP contribution in [0.2, 0.25) is 0 Å². The topological polar surface area (TPSA) is 74.3 Å². The van der Waals surface area contributed by atoms with Gasteiger partial charge in [0.1, 0.15) is 0 Å². The summed E-state index contributed by atoms with van der Waals surface area (Å²) >= 11 is 1.55. The van der Waals surface area contributed by atoms with E-state index in [-0.39, 0.29) is 17.9 Å². The lowest BCUT2D eigenvalue weighted by Crippen LogP contribution is -2.49. The second-order valence-corrected chi connectivity index (χ2v) is 7.38. The van der Waals surface area contributed by atoms with Crippen LogP contribution < -0.4 is 10.6 Å². The molecule has 1 atom stereocenters. The van der Waals surface area contributed by atoms with Gasteiger partial charge in [-0.2, -0.15) is 0 Å². The first-order valence-electron chi connectivity index (χ1n) is 8.16. The van der Waals surface area contributed by atoms with Crippen LogP contribution in [0, 0.1) is 18.8 Å². The van der Waals surface area contributed by atoms with Gasteiger partial charge in [-0.25, -0.2) is 9.78 Å². The van der Waals surface area contributed by atoms with Gasteiger partial charge in [0.25, 0.3) is 0 Å². The van der Waals surface area contributed by atoms with Gasteiger partial charge in [0.2, 0.25) is 5.91 Å². The molecule has 0 aromatic carbocycles. The Morgan fingerprint density at radius 2 is 2.22 bits per heavy atom. The number of thiazole rings is 1. The van der Waals surface area contributed by atoms with Crippen LogP contribution >= 0.6 is 11.3 Å². The lowest BCUT2D eigenvalue weighted by atomic mass is 9.97. The predicted molar refractivity (Wildman–Crippen MR) is 91.2 cm³/mol. The first-order valence-corrected chi connectivity index (χ1v) is 9.04. The van der Waals surface area contributed by atoms with E-state index in [1.54, 1.807) is 21.7 Å². The Morgan fingerprint density at radius 1 is 1.43 bits per heavy atom. The van der Waals surface area contributed by atoms with Crippen LogP contribution in [-0.2, 0) is 11.3 Å². The highest BCUT2D eigenvalue weighted by Gasteiger charge is 2.28. The molecule has 2 heterocycles. The number of rotatable bonds is 5. The lowest BCUT2D eigenvalue weighted by Gasteiger charge is -2.32. The van der Waals surface area contributed by atoms with Gasteiger partial charge in [0.05, 0.1) is 23.7 Å². The Bertz CT molecular complexity index is 544. The molecule has 1 aromatic rings. The van der Waals surface area contributed by atoms with E-state index in [1.165, 1.54) is 0 Å². The molecule has 7 heteroatoms. The number of aryl methyl sites for hydroxylation is 1. The highest BCUT2D eigenvalue weighted by Crippen LogP contribution is 2.18. The standard InChI is InChI=1S/C16H26N4O2S/c1-11(2)7-18-16(22)20-6-4-5-13(9-20)15(21)17-8-14-12(3)19-10-23-14/h10-11,13H,4-9H2,1-3H3,(H,17,21)(H,18,22)/t13-/m1/s1. The van der Waals surface area contributed by atoms with Gasteiger partial charge < -0.3 is 15.5 Å². The molecule has 2 N–H and O–H groups in total. The minimum absolute atomic E-state index is 0.0270. The van der Waals surface area contributed by atoms with E-state index >= 15 is 0 Å². The number of hydrogen-bond acceptors (Lipinski definition) is 4. The number of nitrogens with zero attached hydrogens (tertiary/aromatic N) is 2. The summed E-state index contributed by atoms with van der Waals surface area (Å²) in [7, 11) is 0. The molecule has 1 aliphatic heterocycles. The average Bonchev–Trinajstić information content (AvgIpc) is 2.95. The second kappa shape index (κ2) is 8.29. The molecule has 1 saturated heterocycles. The van der Waals surface area contributed by atoms with E-state index < -0.39 is 0 Å². The molecule has 3 amide bonds. The summed E-state index contributed by atoms with van der Waals surface area (Å²) < 4.78 is 0. The largest absolute Gasteiger partial charge is 0.351 e. The monoisotopic (exact) mass is 338 g/mol. The molecule has 0 saturated carbocycles.